The van der Waals surface area contributed by atoms with Gasteiger partial charge < -0.3 is 14.8 Å². The number of nitrogens with one attached hydrogen (secondary N) is 1. The van der Waals surface area contributed by atoms with Crippen molar-refractivity contribution in [2.45, 2.75) is 48.8 Å². The minimum absolute atomic E-state index is 0.230. The normalized spacial score (nSPS) is 21.3. The fraction of sp³-hybridized carbons (Fsp3) is 0.550. The number of carbonyl (C=O) groups excluding carboxylic acids is 2. The molecule has 0 bridgehead atoms. The molecule has 2 saturated heterocycles. The van der Waals surface area contributed by atoms with Crippen molar-refractivity contribution < 1.29 is 24.3 Å². The van der Waals surface area contributed by atoms with E-state index in [-0.39, 0.29) is 16.4 Å². The second kappa shape index (κ2) is 9.86. The summed E-state index contributed by atoms with van der Waals surface area (Å²) in [6, 6.07) is 8.23. The molecule has 1 aromatic rings. The smallest absolute Gasteiger partial charge is 0.326 e. The van der Waals surface area contributed by atoms with E-state index in [4.69, 9.17) is 4.84 Å². The molecule has 2 fully saturated rings. The van der Waals surface area contributed by atoms with Gasteiger partial charge in [0.2, 0.25) is 5.91 Å². The summed E-state index contributed by atoms with van der Waals surface area (Å²) in [6.45, 7) is 1.98. The van der Waals surface area contributed by atoms with Crippen molar-refractivity contribution in [1.82, 2.24) is 10.4 Å². The van der Waals surface area contributed by atoms with Gasteiger partial charge in [0, 0.05) is 30.9 Å². The minimum atomic E-state index is -0.992. The lowest BCUT2D eigenvalue weighted by molar-refractivity contribution is -0.158. The van der Waals surface area contributed by atoms with Crippen molar-refractivity contribution in [3.8, 4) is 0 Å². The first-order valence-electron chi connectivity index (χ1n) is 9.70. The maximum absolute atomic E-state index is 12.8. The number of aryl methyl sites for hydroxylation is 1. The van der Waals surface area contributed by atoms with Crippen LogP contribution in [-0.2, 0) is 25.6 Å². The maximum atomic E-state index is 12.8. The summed E-state index contributed by atoms with van der Waals surface area (Å²) in [4.78, 5) is 42.9. The first kappa shape index (κ1) is 22.0. The molecule has 2 N–H and O–H groups in total. The molecule has 3 rings (SSSR count). The predicted molar refractivity (Wildman–Crippen MR) is 113 cm³/mol. The second-order valence-corrected chi connectivity index (χ2v) is 10.5. The van der Waals surface area contributed by atoms with Crippen LogP contribution >= 0.6 is 23.5 Å². The van der Waals surface area contributed by atoms with Crippen molar-refractivity contribution in [2.24, 2.45) is 0 Å². The molecule has 2 atom stereocenters. The molecule has 2 aliphatic heterocycles. The number of carboxylic acid groups (broad SMARTS) is 1. The standard InChI is InChI=1S/C20H26N2O5S2/c1-14(21-27-17(23)9-5-8-15-6-3-2-4-7-15)18(24)22-13-20(28-10-11-29-20)12-16(22)19(25)26/h2-4,6-7,14,16,21H,5,8-13H2,1H3,(H,25,26). The Morgan fingerprint density at radius 2 is 1.97 bits per heavy atom. The Morgan fingerprint density at radius 1 is 1.28 bits per heavy atom. The minimum Gasteiger partial charge on any atom is -0.480 e. The number of benzene rings is 1. The average Bonchev–Trinajstić information content (AvgIpc) is 3.33. The van der Waals surface area contributed by atoms with Gasteiger partial charge in [-0.3, -0.25) is 9.59 Å². The molecule has 1 amide bonds. The Kier molecular flexibility index (Phi) is 7.48. The highest BCUT2D eigenvalue weighted by Crippen LogP contribution is 2.51. The highest BCUT2D eigenvalue weighted by Gasteiger charge is 2.51. The molecule has 2 heterocycles. The van der Waals surface area contributed by atoms with Crippen molar-refractivity contribution in [1.29, 1.82) is 0 Å². The highest BCUT2D eigenvalue weighted by molar-refractivity contribution is 8.21. The van der Waals surface area contributed by atoms with E-state index in [0.29, 0.717) is 19.4 Å². The number of thioether (sulfide) groups is 2. The summed E-state index contributed by atoms with van der Waals surface area (Å²) < 4.78 is -0.230. The van der Waals surface area contributed by atoms with Gasteiger partial charge in [-0.2, -0.15) is 0 Å². The van der Waals surface area contributed by atoms with Gasteiger partial charge in [0.05, 0.1) is 4.08 Å². The fourth-order valence-electron chi connectivity index (χ4n) is 3.58. The summed E-state index contributed by atoms with van der Waals surface area (Å²) >= 11 is 3.46. The molecular formula is C20H26N2O5S2. The number of hydrogen-bond acceptors (Lipinski definition) is 7. The molecule has 2 aliphatic rings. The molecule has 0 saturated carbocycles. The maximum Gasteiger partial charge on any atom is 0.326 e. The molecule has 0 aliphatic carbocycles. The zero-order chi connectivity index (χ0) is 20.9. The third kappa shape index (κ3) is 5.67. The summed E-state index contributed by atoms with van der Waals surface area (Å²) in [5.74, 6) is 0.143. The zero-order valence-corrected chi connectivity index (χ0v) is 18.0. The molecule has 0 radical (unpaired) electrons. The number of carbonyl (C=O) groups is 3. The summed E-state index contributed by atoms with van der Waals surface area (Å²) in [6.07, 6.45) is 2.10. The number of nitrogens with zero attached hydrogens (tertiary/aromatic N) is 1. The van der Waals surface area contributed by atoms with Crippen LogP contribution in [-0.4, -0.2) is 62.1 Å². The number of carboxylic acids is 1. The first-order chi connectivity index (χ1) is 13.9. The van der Waals surface area contributed by atoms with Gasteiger partial charge in [-0.25, -0.2) is 4.79 Å². The van der Waals surface area contributed by atoms with E-state index < -0.39 is 24.0 Å². The number of hydrogen-bond donors (Lipinski definition) is 2. The van der Waals surface area contributed by atoms with Crippen LogP contribution in [0.25, 0.3) is 0 Å². The average molecular weight is 439 g/mol. The molecule has 1 spiro atoms. The van der Waals surface area contributed by atoms with Gasteiger partial charge in [-0.1, -0.05) is 30.3 Å². The van der Waals surface area contributed by atoms with Crippen molar-refractivity contribution >= 4 is 41.4 Å². The van der Waals surface area contributed by atoms with Gasteiger partial charge in [0.15, 0.2) is 0 Å². The highest BCUT2D eigenvalue weighted by atomic mass is 32.2. The van der Waals surface area contributed by atoms with E-state index in [2.05, 4.69) is 5.48 Å². The Hall–Kier alpha value is -1.71. The van der Waals surface area contributed by atoms with Crippen LogP contribution in [0.3, 0.4) is 0 Å². The van der Waals surface area contributed by atoms with Crippen LogP contribution < -0.4 is 5.48 Å². The number of rotatable bonds is 8. The Balaban J connectivity index is 1.45. The van der Waals surface area contributed by atoms with Gasteiger partial charge in [-0.05, 0) is 25.3 Å². The van der Waals surface area contributed by atoms with Crippen LogP contribution in [0, 0.1) is 0 Å². The molecule has 2 unspecified atom stereocenters. The summed E-state index contributed by atoms with van der Waals surface area (Å²) in [5, 5.41) is 9.55. The van der Waals surface area contributed by atoms with E-state index in [1.165, 1.54) is 4.90 Å². The number of amides is 1. The first-order valence-corrected chi connectivity index (χ1v) is 11.7. The Labute approximate surface area is 178 Å². The molecule has 7 nitrogen and oxygen atoms in total. The van der Waals surface area contributed by atoms with Crippen molar-refractivity contribution in [3.05, 3.63) is 35.9 Å². The van der Waals surface area contributed by atoms with E-state index >= 15 is 0 Å². The van der Waals surface area contributed by atoms with E-state index in [1.54, 1.807) is 30.4 Å². The molecule has 9 heteroatoms. The zero-order valence-electron chi connectivity index (χ0n) is 16.3. The number of aliphatic carboxylic acids is 1. The van der Waals surface area contributed by atoms with Gasteiger partial charge in [-0.15, -0.1) is 29.0 Å². The number of likely N-dealkylation sites (tertiary alicyclic amines) is 1. The lowest BCUT2D eigenvalue weighted by Crippen LogP contribution is -2.49. The molecule has 29 heavy (non-hydrogen) atoms. The van der Waals surface area contributed by atoms with Crippen LogP contribution in [0.15, 0.2) is 30.3 Å². The molecule has 158 valence electrons. The van der Waals surface area contributed by atoms with E-state index in [1.807, 2.05) is 30.3 Å². The Morgan fingerprint density at radius 3 is 2.62 bits per heavy atom. The quantitative estimate of drug-likeness (QED) is 0.597. The van der Waals surface area contributed by atoms with Gasteiger partial charge in [0.1, 0.15) is 12.1 Å². The summed E-state index contributed by atoms with van der Waals surface area (Å²) in [7, 11) is 0. The van der Waals surface area contributed by atoms with Gasteiger partial charge in [0.25, 0.3) is 0 Å². The fourth-order valence-corrected chi connectivity index (χ4v) is 6.84. The van der Waals surface area contributed by atoms with Crippen LogP contribution in [0.1, 0.15) is 31.7 Å². The van der Waals surface area contributed by atoms with Gasteiger partial charge >= 0.3 is 11.9 Å². The van der Waals surface area contributed by atoms with E-state index in [9.17, 15) is 19.5 Å². The SMILES string of the molecule is CC(NOC(=O)CCCc1ccccc1)C(=O)N1CC2(CC1C(=O)O)SCCS2. The van der Waals surface area contributed by atoms with Crippen molar-refractivity contribution in [2.75, 3.05) is 18.1 Å². The van der Waals surface area contributed by atoms with Crippen LogP contribution in [0.5, 0.6) is 0 Å². The second-order valence-electron chi connectivity index (χ2n) is 7.28. The summed E-state index contributed by atoms with van der Waals surface area (Å²) in [5.41, 5.74) is 3.65. The van der Waals surface area contributed by atoms with Crippen LogP contribution in [0.2, 0.25) is 0 Å². The topological polar surface area (TPSA) is 95.9 Å². The van der Waals surface area contributed by atoms with Crippen LogP contribution in [0.4, 0.5) is 0 Å². The number of hydroxylamine groups is 1. The predicted octanol–water partition coefficient (Wildman–Crippen LogP) is 2.31. The van der Waals surface area contributed by atoms with Crippen molar-refractivity contribution in [3.63, 3.8) is 0 Å². The Bertz CT molecular complexity index is 740. The lowest BCUT2D eigenvalue weighted by atomic mass is 10.1. The third-order valence-electron chi connectivity index (χ3n) is 5.08. The largest absolute Gasteiger partial charge is 0.480 e. The molecule has 0 aromatic heterocycles. The lowest BCUT2D eigenvalue weighted by Gasteiger charge is -2.26. The monoisotopic (exact) mass is 438 g/mol. The molecule has 1 aromatic carbocycles. The molecular weight excluding hydrogens is 412 g/mol. The van der Waals surface area contributed by atoms with E-state index in [0.717, 1.165) is 23.5 Å². The third-order valence-corrected chi connectivity index (χ3v) is 8.51.